The van der Waals surface area contributed by atoms with Crippen molar-refractivity contribution in [3.63, 3.8) is 0 Å². The third kappa shape index (κ3) is 2.94. The van der Waals surface area contributed by atoms with Gasteiger partial charge in [0.15, 0.2) is 5.76 Å². The number of carbonyl (C=O) groups excluding carboxylic acids is 1. The summed E-state index contributed by atoms with van der Waals surface area (Å²) in [5.41, 5.74) is 0.837. The van der Waals surface area contributed by atoms with Gasteiger partial charge in [-0.3, -0.25) is 9.10 Å². The second-order valence-electron chi connectivity index (χ2n) is 7.14. The molecule has 1 aliphatic rings. The number of fused-ring (bicyclic) bond motifs is 2. The molecule has 0 saturated heterocycles. The Morgan fingerprint density at radius 2 is 1.66 bits per heavy atom. The summed E-state index contributed by atoms with van der Waals surface area (Å²) in [6.45, 7) is 0. The first-order valence-electron chi connectivity index (χ1n) is 8.99. The normalized spacial score (nSPS) is 17.2. The Morgan fingerprint density at radius 1 is 0.966 bits per heavy atom. The zero-order chi connectivity index (χ0) is 20.9. The van der Waals surface area contributed by atoms with E-state index in [0.29, 0.717) is 11.3 Å². The van der Waals surface area contributed by atoms with Crippen molar-refractivity contribution in [3.05, 3.63) is 77.5 Å². The van der Waals surface area contributed by atoms with Crippen molar-refractivity contribution in [1.29, 1.82) is 0 Å². The van der Waals surface area contributed by atoms with Crippen molar-refractivity contribution in [2.75, 3.05) is 26.0 Å². The molecule has 3 aromatic carbocycles. The van der Waals surface area contributed by atoms with Gasteiger partial charge in [0.25, 0.3) is 10.0 Å². The Kier molecular flexibility index (Phi) is 4.35. The van der Waals surface area contributed by atoms with Crippen LogP contribution in [0, 0.1) is 0 Å². The molecule has 0 spiro atoms. The van der Waals surface area contributed by atoms with Crippen molar-refractivity contribution in [2.45, 2.75) is 4.90 Å². The van der Waals surface area contributed by atoms with E-state index in [0.717, 1.165) is 15.1 Å². The number of hydrogen-bond donors (Lipinski definition) is 1. The third-order valence-corrected chi connectivity index (χ3v) is 6.94. The topological polar surface area (TPSA) is 77.9 Å². The van der Waals surface area contributed by atoms with Gasteiger partial charge < -0.3 is 10.0 Å². The van der Waals surface area contributed by atoms with Gasteiger partial charge in [-0.05, 0) is 35.0 Å². The lowest BCUT2D eigenvalue weighted by atomic mass is 10.0. The van der Waals surface area contributed by atoms with E-state index in [-0.39, 0.29) is 21.9 Å². The fourth-order valence-electron chi connectivity index (χ4n) is 3.46. The van der Waals surface area contributed by atoms with Gasteiger partial charge in [-0.15, -0.1) is 0 Å². The molecule has 148 valence electrons. The summed E-state index contributed by atoms with van der Waals surface area (Å²) in [5, 5.41) is 12.7. The number of hydrogen-bond acceptors (Lipinski definition) is 5. The summed E-state index contributed by atoms with van der Waals surface area (Å²) < 4.78 is 27.0. The third-order valence-electron chi connectivity index (χ3n) is 5.14. The first-order chi connectivity index (χ1) is 13.7. The molecule has 0 fully saturated rings. The number of nitrogens with zero attached hydrogens (tertiary/aromatic N) is 2. The van der Waals surface area contributed by atoms with Crippen molar-refractivity contribution >= 4 is 38.0 Å². The first kappa shape index (κ1) is 19.0. The second-order valence-corrected chi connectivity index (χ2v) is 9.07. The maximum Gasteiger partial charge on any atom is 0.265 e. The van der Waals surface area contributed by atoms with E-state index in [1.807, 2.05) is 30.3 Å². The van der Waals surface area contributed by atoms with Crippen LogP contribution in [-0.2, 0) is 10.0 Å². The second kappa shape index (κ2) is 6.63. The van der Waals surface area contributed by atoms with E-state index in [1.54, 1.807) is 37.2 Å². The zero-order valence-corrected chi connectivity index (χ0v) is 17.1. The summed E-state index contributed by atoms with van der Waals surface area (Å²) in [5.74, 6) is -0.901. The zero-order valence-electron chi connectivity index (χ0n) is 16.2. The number of likely N-dealkylation sites (N-methyl/N-ethyl adjacent to an activating group) is 1. The molecule has 7 heteroatoms. The van der Waals surface area contributed by atoms with Crippen LogP contribution in [0.3, 0.4) is 0 Å². The van der Waals surface area contributed by atoms with Crippen LogP contribution in [0.2, 0.25) is 0 Å². The van der Waals surface area contributed by atoms with E-state index in [9.17, 15) is 18.3 Å². The van der Waals surface area contributed by atoms with Crippen LogP contribution in [0.5, 0.6) is 0 Å². The van der Waals surface area contributed by atoms with Gasteiger partial charge in [-0.2, -0.15) is 0 Å². The molecule has 4 rings (SSSR count). The molecule has 0 radical (unpaired) electrons. The fourth-order valence-corrected chi connectivity index (χ4v) is 4.87. The quantitative estimate of drug-likeness (QED) is 0.517. The number of aliphatic hydroxyl groups excluding tert-OH is 1. The number of benzene rings is 3. The average Bonchev–Trinajstić information content (AvgIpc) is 2.71. The highest BCUT2D eigenvalue weighted by molar-refractivity contribution is 7.89. The van der Waals surface area contributed by atoms with Crippen molar-refractivity contribution in [1.82, 2.24) is 4.31 Å². The number of aliphatic hydroxyl groups is 1. The molecule has 6 nitrogen and oxygen atoms in total. The summed E-state index contributed by atoms with van der Waals surface area (Å²) in [6.07, 6.45) is 0. The van der Waals surface area contributed by atoms with Crippen molar-refractivity contribution < 1.29 is 18.3 Å². The molecule has 0 saturated carbocycles. The van der Waals surface area contributed by atoms with Crippen LogP contribution in [0.15, 0.2) is 71.3 Å². The minimum atomic E-state index is -3.99. The molecular weight excluding hydrogens is 388 g/mol. The van der Waals surface area contributed by atoms with E-state index in [1.165, 1.54) is 19.2 Å². The summed E-state index contributed by atoms with van der Waals surface area (Å²) >= 11 is 0. The maximum atomic E-state index is 13.1. The first-order valence-corrected chi connectivity index (χ1v) is 10.4. The van der Waals surface area contributed by atoms with Crippen LogP contribution in [0.4, 0.5) is 5.69 Å². The van der Waals surface area contributed by atoms with Gasteiger partial charge in [0.05, 0.1) is 0 Å². The molecule has 1 aliphatic heterocycles. The minimum absolute atomic E-state index is 0.0519. The lowest BCUT2D eigenvalue weighted by molar-refractivity contribution is 0.100. The van der Waals surface area contributed by atoms with Gasteiger partial charge in [0.1, 0.15) is 10.6 Å². The van der Waals surface area contributed by atoms with Crippen LogP contribution in [0.1, 0.15) is 15.9 Å². The van der Waals surface area contributed by atoms with Gasteiger partial charge >= 0.3 is 0 Å². The molecule has 0 aliphatic carbocycles. The standard InChI is InChI=1S/C22H20N2O4S/c1-23(2)17-10-11-18-19(13-17)29(27,28)24(3)20(22(18)26)21(25)16-9-8-14-6-4-5-7-15(14)12-16/h4-13,25H,1-3H3. The molecule has 0 aromatic heterocycles. The van der Waals surface area contributed by atoms with E-state index >= 15 is 0 Å². The number of sulfonamides is 1. The van der Waals surface area contributed by atoms with Crippen molar-refractivity contribution in [2.24, 2.45) is 0 Å². The monoisotopic (exact) mass is 408 g/mol. The number of carbonyl (C=O) groups is 1. The molecule has 29 heavy (non-hydrogen) atoms. The van der Waals surface area contributed by atoms with Gasteiger partial charge in [-0.1, -0.05) is 36.4 Å². The maximum absolute atomic E-state index is 13.1. The highest BCUT2D eigenvalue weighted by Gasteiger charge is 2.39. The Morgan fingerprint density at radius 3 is 2.34 bits per heavy atom. The highest BCUT2D eigenvalue weighted by atomic mass is 32.2. The molecule has 0 amide bonds. The predicted molar refractivity (Wildman–Crippen MR) is 114 cm³/mol. The largest absolute Gasteiger partial charge is 0.505 e. The van der Waals surface area contributed by atoms with Crippen LogP contribution < -0.4 is 4.90 Å². The van der Waals surface area contributed by atoms with E-state index in [2.05, 4.69) is 0 Å². The Hall–Kier alpha value is -3.32. The summed E-state index contributed by atoms with van der Waals surface area (Å²) in [6, 6.07) is 17.5. The van der Waals surface area contributed by atoms with Crippen LogP contribution in [0.25, 0.3) is 16.5 Å². The molecule has 1 heterocycles. The van der Waals surface area contributed by atoms with Crippen LogP contribution >= 0.6 is 0 Å². The smallest absolute Gasteiger partial charge is 0.265 e. The SMILES string of the molecule is CN(C)c1ccc2c(c1)S(=O)(=O)N(C)C(=C(O)c1ccc3ccccc3c1)C2=O. The number of Topliss-reactive ketones (excluding diaryl/α,β-unsaturated/α-hetero) is 1. The number of anilines is 1. The lowest BCUT2D eigenvalue weighted by Gasteiger charge is -2.29. The van der Waals surface area contributed by atoms with Gasteiger partial charge in [-0.25, -0.2) is 8.42 Å². The number of allylic oxidation sites excluding steroid dienone is 1. The molecule has 0 unspecified atom stereocenters. The molecule has 0 bridgehead atoms. The van der Waals surface area contributed by atoms with Gasteiger partial charge in [0.2, 0.25) is 5.78 Å². The van der Waals surface area contributed by atoms with Crippen molar-refractivity contribution in [3.8, 4) is 0 Å². The van der Waals surface area contributed by atoms with E-state index < -0.39 is 15.8 Å². The highest BCUT2D eigenvalue weighted by Crippen LogP contribution is 2.36. The lowest BCUT2D eigenvalue weighted by Crippen LogP contribution is -2.37. The van der Waals surface area contributed by atoms with E-state index in [4.69, 9.17) is 0 Å². The van der Waals surface area contributed by atoms with Gasteiger partial charge in [0, 0.05) is 38.0 Å². The predicted octanol–water partition coefficient (Wildman–Crippen LogP) is 3.65. The average molecular weight is 408 g/mol. The summed E-state index contributed by atoms with van der Waals surface area (Å²) in [7, 11) is 0.879. The Balaban J connectivity index is 1.93. The number of rotatable bonds is 2. The molecule has 3 aromatic rings. The molecule has 1 N–H and O–H groups in total. The molecular formula is C22H20N2O4S. The number of ketones is 1. The Labute approximate surface area is 169 Å². The minimum Gasteiger partial charge on any atom is -0.505 e. The summed E-state index contributed by atoms with van der Waals surface area (Å²) in [4.78, 5) is 14.8. The fraction of sp³-hybridized carbons (Fsp3) is 0.136. The molecule has 0 atom stereocenters. The van der Waals surface area contributed by atoms with Crippen LogP contribution in [-0.4, -0.2) is 44.8 Å². The Bertz CT molecular complexity index is 1290.